The summed E-state index contributed by atoms with van der Waals surface area (Å²) in [6, 6.07) is 18.7. The highest BCUT2D eigenvalue weighted by Crippen LogP contribution is 2.26. The number of nitrogens with zero attached hydrogens (tertiary/aromatic N) is 8. The van der Waals surface area contributed by atoms with E-state index in [1.54, 1.807) is 36.9 Å². The summed E-state index contributed by atoms with van der Waals surface area (Å²) in [6.07, 6.45) is 15.6. The van der Waals surface area contributed by atoms with Crippen molar-refractivity contribution in [1.29, 1.82) is 0 Å². The molecule has 16 nitrogen and oxygen atoms in total. The fourth-order valence-electron chi connectivity index (χ4n) is 5.61. The van der Waals surface area contributed by atoms with Crippen molar-refractivity contribution in [3.05, 3.63) is 109 Å². The van der Waals surface area contributed by atoms with Crippen LogP contribution in [0.2, 0.25) is 0 Å². The van der Waals surface area contributed by atoms with Crippen molar-refractivity contribution in [1.82, 2.24) is 39.9 Å². The second kappa shape index (κ2) is 17.8. The predicted molar refractivity (Wildman–Crippen MR) is 208 cm³/mol. The molecule has 0 unspecified atom stereocenters. The van der Waals surface area contributed by atoms with Crippen LogP contribution in [0.1, 0.15) is 46.4 Å². The summed E-state index contributed by atoms with van der Waals surface area (Å²) in [5.41, 5.74) is 20.7. The number of carbonyl (C=O) groups is 2. The maximum absolute atomic E-state index is 11.9. The molecule has 0 spiro atoms. The van der Waals surface area contributed by atoms with Crippen molar-refractivity contribution in [2.75, 3.05) is 22.2 Å². The lowest BCUT2D eigenvalue weighted by atomic mass is 9.91. The molecule has 2 aromatic carbocycles. The van der Waals surface area contributed by atoms with Crippen LogP contribution in [-0.4, -0.2) is 70.0 Å². The number of primary amides is 2. The Hall–Kier alpha value is -6.59. The number of thioether (sulfide) groups is 1. The first-order valence-electron chi connectivity index (χ1n) is 17.0. The van der Waals surface area contributed by atoms with Gasteiger partial charge in [-0.05, 0) is 55.5 Å². The highest BCUT2D eigenvalue weighted by Gasteiger charge is 2.23. The van der Waals surface area contributed by atoms with Gasteiger partial charge in [0, 0.05) is 71.8 Å². The van der Waals surface area contributed by atoms with Crippen molar-refractivity contribution < 1.29 is 9.59 Å². The fraction of sp³-hybridized carbons (Fsp3) is 0.189. The van der Waals surface area contributed by atoms with Crippen molar-refractivity contribution in [3.8, 4) is 22.8 Å². The molecule has 9 N–H and O–H groups in total. The molecule has 1 aliphatic rings. The lowest BCUT2D eigenvalue weighted by Gasteiger charge is -2.29. The number of nitrogens with one attached hydrogen (secondary N) is 3. The van der Waals surface area contributed by atoms with Gasteiger partial charge < -0.3 is 33.2 Å². The molecule has 17 heteroatoms. The van der Waals surface area contributed by atoms with E-state index in [0.717, 1.165) is 48.2 Å². The van der Waals surface area contributed by atoms with E-state index in [0.29, 0.717) is 34.4 Å². The summed E-state index contributed by atoms with van der Waals surface area (Å²) < 4.78 is 0. The number of amides is 2. The summed E-state index contributed by atoms with van der Waals surface area (Å²) in [7, 11) is 0. The zero-order valence-electron chi connectivity index (χ0n) is 29.3. The second-order valence-electron chi connectivity index (χ2n) is 12.1. The van der Waals surface area contributed by atoms with E-state index in [9.17, 15) is 9.59 Å². The van der Waals surface area contributed by atoms with E-state index in [1.807, 2.05) is 54.8 Å². The highest BCUT2D eigenvalue weighted by molar-refractivity contribution is 7.98. The Balaban J connectivity index is 0.000000189. The van der Waals surface area contributed by atoms with E-state index < -0.39 is 11.8 Å². The van der Waals surface area contributed by atoms with Gasteiger partial charge in [-0.1, -0.05) is 48.9 Å². The first-order valence-corrected chi connectivity index (χ1v) is 18.2. The molecule has 4 heterocycles. The Morgan fingerprint density at radius 1 is 0.685 bits per heavy atom. The number of hydrogen-bond acceptors (Lipinski definition) is 15. The summed E-state index contributed by atoms with van der Waals surface area (Å²) in [5, 5.41) is 10.1. The van der Waals surface area contributed by atoms with Crippen LogP contribution < -0.4 is 33.2 Å². The maximum Gasteiger partial charge on any atom is 0.254 e. The van der Waals surface area contributed by atoms with Crippen molar-refractivity contribution in [2.24, 2.45) is 17.2 Å². The van der Waals surface area contributed by atoms with Gasteiger partial charge in [0.15, 0.2) is 16.8 Å². The summed E-state index contributed by atoms with van der Waals surface area (Å²) in [5.74, 6) is 1.13. The molecule has 0 radical (unpaired) electrons. The number of benzene rings is 2. The third-order valence-electron chi connectivity index (χ3n) is 8.30. The van der Waals surface area contributed by atoms with E-state index in [2.05, 4.69) is 55.8 Å². The lowest BCUT2D eigenvalue weighted by Crippen LogP contribution is -2.43. The Morgan fingerprint density at radius 2 is 1.20 bits per heavy atom. The molecule has 4 aromatic heterocycles. The average Bonchev–Trinajstić information content (AvgIpc) is 3.20. The van der Waals surface area contributed by atoms with Crippen LogP contribution in [0.15, 0.2) is 103 Å². The zero-order valence-corrected chi connectivity index (χ0v) is 30.1. The maximum atomic E-state index is 11.9. The number of hydrogen-bond donors (Lipinski definition) is 6. The average molecular weight is 743 g/mol. The Morgan fingerprint density at radius 3 is 1.72 bits per heavy atom. The van der Waals surface area contributed by atoms with Gasteiger partial charge in [-0.25, -0.2) is 34.9 Å². The van der Waals surface area contributed by atoms with Crippen molar-refractivity contribution in [2.45, 2.75) is 42.9 Å². The van der Waals surface area contributed by atoms with Gasteiger partial charge in [-0.3, -0.25) is 9.59 Å². The van der Waals surface area contributed by atoms with E-state index in [1.165, 1.54) is 24.2 Å². The summed E-state index contributed by atoms with van der Waals surface area (Å²) in [4.78, 5) is 57.6. The van der Waals surface area contributed by atoms with Gasteiger partial charge in [-0.2, -0.15) is 4.98 Å². The molecule has 274 valence electrons. The van der Waals surface area contributed by atoms with Crippen LogP contribution in [-0.2, 0) is 0 Å². The summed E-state index contributed by atoms with van der Waals surface area (Å²) >= 11 is 1.38. The number of nitrogens with two attached hydrogens (primary N) is 3. The molecule has 7 rings (SSSR count). The van der Waals surface area contributed by atoms with E-state index in [-0.39, 0.29) is 23.2 Å². The quantitative estimate of drug-likeness (QED) is 0.0758. The molecular weight excluding hydrogens is 705 g/mol. The normalized spacial score (nSPS) is 14.9. The number of aromatic nitrogens is 8. The second-order valence-corrected chi connectivity index (χ2v) is 12.8. The molecule has 1 saturated carbocycles. The van der Waals surface area contributed by atoms with Crippen LogP contribution in [0.25, 0.3) is 22.8 Å². The Labute approximate surface area is 315 Å². The fourth-order valence-corrected chi connectivity index (χ4v) is 5.95. The van der Waals surface area contributed by atoms with Crippen LogP contribution in [0.3, 0.4) is 0 Å². The topological polar surface area (TPSA) is 251 Å². The third-order valence-corrected chi connectivity index (χ3v) is 8.86. The summed E-state index contributed by atoms with van der Waals surface area (Å²) in [6.45, 7) is 0. The number of rotatable bonds is 11. The monoisotopic (exact) mass is 742 g/mol. The SMILES string of the molecule is CSc1ncc(C(N)=O)c(Nc2cccc(-c3ncccn3)c2)n1.NC(=O)c1cnc(N[C@@H]2CCCC[C@@H]2N)nc1Nc1cccc(-c2ncccn2)c1. The first kappa shape index (κ1) is 37.2. The molecule has 0 bridgehead atoms. The molecule has 0 aliphatic heterocycles. The highest BCUT2D eigenvalue weighted by atomic mass is 32.2. The molecule has 2 atom stereocenters. The largest absolute Gasteiger partial charge is 0.365 e. The number of carbonyl (C=O) groups excluding carboxylic acids is 2. The molecule has 0 saturated heterocycles. The zero-order chi connectivity index (χ0) is 37.9. The minimum absolute atomic E-state index is 0.0529. The van der Waals surface area contributed by atoms with Crippen LogP contribution in [0, 0.1) is 0 Å². The number of anilines is 5. The molecule has 54 heavy (non-hydrogen) atoms. The molecule has 6 aromatic rings. The molecule has 1 aliphatic carbocycles. The Kier molecular flexibility index (Phi) is 12.2. The lowest BCUT2D eigenvalue weighted by molar-refractivity contribution is 0.0992. The van der Waals surface area contributed by atoms with E-state index in [4.69, 9.17) is 17.2 Å². The predicted octanol–water partition coefficient (Wildman–Crippen LogP) is 4.96. The van der Waals surface area contributed by atoms with Crippen molar-refractivity contribution >= 4 is 52.5 Å². The van der Waals surface area contributed by atoms with Gasteiger partial charge >= 0.3 is 0 Å². The van der Waals surface area contributed by atoms with Gasteiger partial charge in [0.05, 0.1) is 0 Å². The Bertz CT molecular complexity index is 2210. The smallest absolute Gasteiger partial charge is 0.254 e. The van der Waals surface area contributed by atoms with E-state index >= 15 is 0 Å². The van der Waals surface area contributed by atoms with Gasteiger partial charge in [0.25, 0.3) is 11.8 Å². The standard InChI is InChI=1S/C21H24N8O.C16H14N6OS/c22-16-7-1-2-8-17(16)28-21-26-12-15(18(23)30)20(29-21)27-14-6-3-5-13(11-14)19-24-9-4-10-25-19;1-24-16-20-9-12(13(17)23)15(22-16)21-11-5-2-4-10(8-11)14-18-6-3-7-19-14/h3-6,9-12,16-17H,1-2,7-8,22H2,(H2,23,30)(H2,26,27,28,29);2-9H,1H3,(H2,17,23)(H,20,21,22)/t16-,17+;/m0./s1. The minimum atomic E-state index is -0.610. The minimum Gasteiger partial charge on any atom is -0.365 e. The van der Waals surface area contributed by atoms with Crippen molar-refractivity contribution in [3.63, 3.8) is 0 Å². The van der Waals surface area contributed by atoms with Gasteiger partial charge in [0.1, 0.15) is 22.8 Å². The van der Waals surface area contributed by atoms with Gasteiger partial charge in [-0.15, -0.1) is 0 Å². The molecule has 2 amide bonds. The van der Waals surface area contributed by atoms with Crippen LogP contribution >= 0.6 is 11.8 Å². The van der Waals surface area contributed by atoms with Crippen LogP contribution in [0.4, 0.5) is 29.0 Å². The molecular formula is C37H38N14O2S. The first-order chi connectivity index (χ1) is 26.3. The third kappa shape index (κ3) is 9.64. The van der Waals surface area contributed by atoms with Crippen LogP contribution in [0.5, 0.6) is 0 Å². The molecule has 1 fully saturated rings. The van der Waals surface area contributed by atoms with Gasteiger partial charge in [0.2, 0.25) is 5.95 Å².